The fourth-order valence-corrected chi connectivity index (χ4v) is 3.38. The maximum Gasteiger partial charge on any atom is 0.328 e. The van der Waals surface area contributed by atoms with Crippen LogP contribution in [0.2, 0.25) is 0 Å². The van der Waals surface area contributed by atoms with Gasteiger partial charge in [0.05, 0.1) is 17.2 Å². The van der Waals surface area contributed by atoms with Crippen molar-refractivity contribution in [2.75, 3.05) is 11.9 Å². The zero-order valence-electron chi connectivity index (χ0n) is 15.7. The largest absolute Gasteiger partial charge is 0.384 e. The number of aryl methyl sites for hydroxylation is 1. The Bertz CT molecular complexity index is 1280. The number of unbranched alkanes of at least 4 members (excludes halogenated alkanes) is 2. The number of anilines is 1. The minimum Gasteiger partial charge on any atom is -0.384 e. The van der Waals surface area contributed by atoms with Crippen LogP contribution in [0.4, 0.5) is 10.1 Å². The number of H-pyrrole nitrogens is 1. The molecule has 0 aliphatic rings. The summed E-state index contributed by atoms with van der Waals surface area (Å²) in [5, 5.41) is 5.51. The first-order chi connectivity index (χ1) is 14.1. The van der Waals surface area contributed by atoms with Crippen molar-refractivity contribution in [3.8, 4) is 0 Å². The van der Waals surface area contributed by atoms with E-state index in [0.717, 1.165) is 53.1 Å². The van der Waals surface area contributed by atoms with Gasteiger partial charge in [-0.25, -0.2) is 4.79 Å². The number of nitrogens with one attached hydrogen (secondary N) is 2. The molecule has 7 nitrogen and oxygen atoms in total. The van der Waals surface area contributed by atoms with Crippen molar-refractivity contribution in [3.63, 3.8) is 0 Å². The molecule has 148 valence electrons. The summed E-state index contributed by atoms with van der Waals surface area (Å²) in [7, 11) is 0. The lowest BCUT2D eigenvalue weighted by molar-refractivity contribution is 0.525. The molecule has 0 bridgehead atoms. The predicted molar refractivity (Wildman–Crippen MR) is 111 cm³/mol. The van der Waals surface area contributed by atoms with Crippen molar-refractivity contribution in [2.45, 2.75) is 25.8 Å². The van der Waals surface area contributed by atoms with Gasteiger partial charge in [-0.2, -0.15) is 4.39 Å². The number of halogens is 1. The number of aromatic nitrogens is 4. The number of pyridine rings is 2. The molecule has 0 saturated heterocycles. The van der Waals surface area contributed by atoms with Crippen LogP contribution in [0.25, 0.3) is 21.8 Å². The first-order valence-corrected chi connectivity index (χ1v) is 9.49. The lowest BCUT2D eigenvalue weighted by Crippen LogP contribution is -2.31. The van der Waals surface area contributed by atoms with E-state index in [1.54, 1.807) is 12.4 Å². The molecule has 4 aromatic rings. The Balaban J connectivity index is 1.37. The average molecular weight is 393 g/mol. The van der Waals surface area contributed by atoms with Crippen molar-refractivity contribution in [3.05, 3.63) is 75.6 Å². The highest BCUT2D eigenvalue weighted by Gasteiger charge is 2.08. The highest BCUT2D eigenvalue weighted by atomic mass is 19.1. The Morgan fingerprint density at radius 2 is 1.83 bits per heavy atom. The van der Waals surface area contributed by atoms with E-state index >= 15 is 0 Å². The second kappa shape index (κ2) is 8.22. The molecule has 0 unspecified atom stereocenters. The van der Waals surface area contributed by atoms with E-state index in [9.17, 15) is 14.0 Å². The van der Waals surface area contributed by atoms with Crippen LogP contribution in [-0.2, 0) is 6.54 Å². The Kier molecular flexibility index (Phi) is 5.33. The van der Waals surface area contributed by atoms with E-state index < -0.39 is 17.1 Å². The molecule has 2 N–H and O–H groups in total. The van der Waals surface area contributed by atoms with E-state index in [0.29, 0.717) is 13.0 Å². The van der Waals surface area contributed by atoms with Crippen LogP contribution in [0.1, 0.15) is 19.3 Å². The van der Waals surface area contributed by atoms with E-state index in [2.05, 4.69) is 21.4 Å². The van der Waals surface area contributed by atoms with Gasteiger partial charge < -0.3 is 5.32 Å². The molecule has 0 atom stereocenters. The van der Waals surface area contributed by atoms with Crippen molar-refractivity contribution < 1.29 is 4.39 Å². The molecule has 0 aliphatic heterocycles. The fourth-order valence-electron chi connectivity index (χ4n) is 3.38. The molecule has 3 aromatic heterocycles. The molecule has 4 rings (SSSR count). The predicted octanol–water partition coefficient (Wildman–Crippen LogP) is 3.05. The molecule has 3 heterocycles. The quantitative estimate of drug-likeness (QED) is 0.372. The van der Waals surface area contributed by atoms with Gasteiger partial charge in [-0.3, -0.25) is 24.3 Å². The minimum absolute atomic E-state index is 0.362. The number of fused-ring (bicyclic) bond motifs is 3. The first-order valence-electron chi connectivity index (χ1n) is 9.49. The summed E-state index contributed by atoms with van der Waals surface area (Å²) in [6.07, 6.45) is 6.93. The van der Waals surface area contributed by atoms with E-state index in [-0.39, 0.29) is 0 Å². The number of nitrogens with zero attached hydrogens (tertiary/aromatic N) is 3. The molecule has 1 aromatic carbocycles. The highest BCUT2D eigenvalue weighted by Crippen LogP contribution is 2.29. The summed E-state index contributed by atoms with van der Waals surface area (Å²) in [5.41, 5.74) is 1.19. The Labute approximate surface area is 165 Å². The topological polar surface area (TPSA) is 92.7 Å². The minimum atomic E-state index is -0.984. The summed E-state index contributed by atoms with van der Waals surface area (Å²) >= 11 is 0. The van der Waals surface area contributed by atoms with Crippen LogP contribution in [0, 0.1) is 5.82 Å². The Hall–Kier alpha value is -3.55. The zero-order chi connectivity index (χ0) is 20.2. The Morgan fingerprint density at radius 1 is 1.03 bits per heavy atom. The molecule has 29 heavy (non-hydrogen) atoms. The second-order valence-electron chi connectivity index (χ2n) is 6.82. The molecular formula is C21H20FN5O2. The smallest absolute Gasteiger partial charge is 0.328 e. The van der Waals surface area contributed by atoms with Gasteiger partial charge in [0.15, 0.2) is 0 Å². The molecule has 0 radical (unpaired) electrons. The molecule has 8 heteroatoms. The van der Waals surface area contributed by atoms with Crippen LogP contribution in [0.3, 0.4) is 0 Å². The van der Waals surface area contributed by atoms with E-state index in [1.165, 1.54) is 4.57 Å². The molecule has 0 spiro atoms. The van der Waals surface area contributed by atoms with Crippen LogP contribution in [-0.4, -0.2) is 26.1 Å². The van der Waals surface area contributed by atoms with Crippen molar-refractivity contribution in [1.82, 2.24) is 19.5 Å². The molecule has 0 amide bonds. The number of benzene rings is 1. The van der Waals surface area contributed by atoms with Gasteiger partial charge in [0.25, 0.3) is 5.56 Å². The van der Waals surface area contributed by atoms with Crippen LogP contribution >= 0.6 is 0 Å². The number of aromatic amines is 1. The average Bonchev–Trinajstić information content (AvgIpc) is 2.74. The van der Waals surface area contributed by atoms with Gasteiger partial charge in [0.2, 0.25) is 5.82 Å². The van der Waals surface area contributed by atoms with Gasteiger partial charge in [0.1, 0.15) is 0 Å². The van der Waals surface area contributed by atoms with Crippen molar-refractivity contribution in [2.24, 2.45) is 0 Å². The number of hydrogen-bond acceptors (Lipinski definition) is 5. The van der Waals surface area contributed by atoms with Crippen LogP contribution < -0.4 is 16.6 Å². The third-order valence-electron chi connectivity index (χ3n) is 4.82. The lowest BCUT2D eigenvalue weighted by atomic mass is 10.1. The number of hydrogen-bond donors (Lipinski definition) is 2. The summed E-state index contributed by atoms with van der Waals surface area (Å²) in [6.45, 7) is 1.12. The van der Waals surface area contributed by atoms with E-state index in [4.69, 9.17) is 0 Å². The number of rotatable bonds is 7. The molecular weight excluding hydrogens is 373 g/mol. The summed E-state index contributed by atoms with van der Waals surface area (Å²) in [6, 6.07) is 9.93. The van der Waals surface area contributed by atoms with Gasteiger partial charge in [-0.05, 0) is 43.5 Å². The third kappa shape index (κ3) is 4.01. The van der Waals surface area contributed by atoms with Gasteiger partial charge >= 0.3 is 5.69 Å². The van der Waals surface area contributed by atoms with Gasteiger partial charge in [0, 0.05) is 41.9 Å². The van der Waals surface area contributed by atoms with Crippen molar-refractivity contribution in [1.29, 1.82) is 0 Å². The Morgan fingerprint density at radius 3 is 2.69 bits per heavy atom. The highest BCUT2D eigenvalue weighted by molar-refractivity contribution is 6.08. The molecule has 0 aliphatic carbocycles. The van der Waals surface area contributed by atoms with E-state index in [1.807, 2.05) is 29.2 Å². The van der Waals surface area contributed by atoms with Crippen LogP contribution in [0.15, 0.2) is 58.5 Å². The fraction of sp³-hybridized carbons (Fsp3) is 0.238. The molecule has 0 fully saturated rings. The molecule has 0 saturated carbocycles. The maximum absolute atomic E-state index is 13.3. The SMILES string of the molecule is O=c1[nH]c(=O)n(CCCCCNc2cc3cccnc3c3ncccc23)cc1F. The summed E-state index contributed by atoms with van der Waals surface area (Å²) in [4.78, 5) is 33.6. The van der Waals surface area contributed by atoms with Gasteiger partial charge in [-0.1, -0.05) is 6.07 Å². The summed E-state index contributed by atoms with van der Waals surface area (Å²) in [5.74, 6) is -0.947. The third-order valence-corrected chi connectivity index (χ3v) is 4.82. The summed E-state index contributed by atoms with van der Waals surface area (Å²) < 4.78 is 14.5. The maximum atomic E-state index is 13.3. The normalized spacial score (nSPS) is 11.2. The van der Waals surface area contributed by atoms with Crippen molar-refractivity contribution >= 4 is 27.5 Å². The lowest BCUT2D eigenvalue weighted by Gasteiger charge is -2.12. The second-order valence-corrected chi connectivity index (χ2v) is 6.82. The first kappa shape index (κ1) is 18.8. The zero-order valence-corrected chi connectivity index (χ0v) is 15.7. The van der Waals surface area contributed by atoms with Crippen LogP contribution in [0.5, 0.6) is 0 Å². The monoisotopic (exact) mass is 393 g/mol. The standard InChI is InChI=1S/C21H20FN5O2/c22-16-13-27(21(29)26-20(16)28)11-3-1-2-8-23-17-12-14-6-4-9-24-18(14)19-15(17)7-5-10-25-19/h4-7,9-10,12-13,23H,1-3,8,11H2,(H,26,28,29). The van der Waals surface area contributed by atoms with Gasteiger partial charge in [-0.15, -0.1) is 0 Å².